The minimum absolute atomic E-state index is 0.103. The molecule has 2 heterocycles. The molecule has 8 heteroatoms. The van der Waals surface area contributed by atoms with Gasteiger partial charge in [-0.15, -0.1) is 11.3 Å². The van der Waals surface area contributed by atoms with E-state index in [4.69, 9.17) is 11.6 Å². The van der Waals surface area contributed by atoms with Crippen molar-refractivity contribution < 1.29 is 13.2 Å². The van der Waals surface area contributed by atoms with Crippen LogP contribution in [0.25, 0.3) is 6.08 Å². The van der Waals surface area contributed by atoms with Crippen molar-refractivity contribution in [2.45, 2.75) is 0 Å². The summed E-state index contributed by atoms with van der Waals surface area (Å²) in [7, 11) is -3.49. The molecule has 0 saturated carbocycles. The van der Waals surface area contributed by atoms with Gasteiger partial charge in [-0.25, -0.2) is 8.42 Å². The molecule has 0 unspecified atom stereocenters. The number of hydrogen-bond donors (Lipinski definition) is 0. The van der Waals surface area contributed by atoms with Crippen LogP contribution in [0.15, 0.2) is 47.9 Å². The normalized spacial score (nSPS) is 16.4. The highest BCUT2D eigenvalue weighted by Gasteiger charge is 2.28. The van der Waals surface area contributed by atoms with Crippen molar-refractivity contribution in [1.29, 1.82) is 0 Å². The number of nitrogens with zero attached hydrogens (tertiary/aromatic N) is 2. The summed E-state index contributed by atoms with van der Waals surface area (Å²) >= 11 is 7.10. The van der Waals surface area contributed by atoms with Crippen molar-refractivity contribution in [2.24, 2.45) is 0 Å². The Labute approximate surface area is 156 Å². The summed E-state index contributed by atoms with van der Waals surface area (Å²) in [6.45, 7) is 1.30. The van der Waals surface area contributed by atoms with E-state index in [9.17, 15) is 13.2 Å². The van der Waals surface area contributed by atoms with E-state index < -0.39 is 10.0 Å². The van der Waals surface area contributed by atoms with E-state index in [1.807, 2.05) is 30.3 Å². The number of sulfonamides is 1. The van der Waals surface area contributed by atoms with Crippen molar-refractivity contribution in [3.05, 3.63) is 62.6 Å². The van der Waals surface area contributed by atoms with Gasteiger partial charge in [0.1, 0.15) is 0 Å². The highest BCUT2D eigenvalue weighted by molar-refractivity contribution is 7.92. The molecular formula is C17H17ClN2O3S2. The second-order valence-corrected chi connectivity index (χ2v) is 9.09. The maximum atomic E-state index is 12.4. The lowest BCUT2D eigenvalue weighted by Crippen LogP contribution is -2.49. The molecule has 0 spiro atoms. The smallest absolute Gasteiger partial charge is 0.264 e. The summed E-state index contributed by atoms with van der Waals surface area (Å²) in [6.07, 6.45) is 1.58. The van der Waals surface area contributed by atoms with E-state index in [1.165, 1.54) is 21.1 Å². The molecule has 1 fully saturated rings. The average Bonchev–Trinajstić information content (AvgIpc) is 3.07. The number of amides is 1. The third-order valence-electron chi connectivity index (χ3n) is 3.90. The Morgan fingerprint density at radius 3 is 2.32 bits per heavy atom. The van der Waals surface area contributed by atoms with Crippen LogP contribution < -0.4 is 0 Å². The number of carbonyl (C=O) groups is 1. The molecule has 1 aromatic carbocycles. The topological polar surface area (TPSA) is 57.7 Å². The Morgan fingerprint density at radius 2 is 1.72 bits per heavy atom. The molecule has 1 amide bonds. The van der Waals surface area contributed by atoms with Gasteiger partial charge in [0.05, 0.1) is 9.21 Å². The third kappa shape index (κ3) is 4.49. The number of hydrogen-bond acceptors (Lipinski definition) is 4. The Hall–Kier alpha value is -1.67. The van der Waals surface area contributed by atoms with E-state index in [1.54, 1.807) is 23.1 Å². The maximum Gasteiger partial charge on any atom is 0.264 e. The van der Waals surface area contributed by atoms with E-state index >= 15 is 0 Å². The average molecular weight is 397 g/mol. The lowest BCUT2D eigenvalue weighted by atomic mass is 10.2. The van der Waals surface area contributed by atoms with E-state index in [0.29, 0.717) is 22.3 Å². The highest BCUT2D eigenvalue weighted by atomic mass is 35.5. The molecule has 0 bridgehead atoms. The summed E-state index contributed by atoms with van der Waals surface area (Å²) in [6, 6.07) is 12.7. The number of benzene rings is 1. The summed E-state index contributed by atoms with van der Waals surface area (Å²) < 4.78 is 26.8. The van der Waals surface area contributed by atoms with E-state index in [-0.39, 0.29) is 19.0 Å². The van der Waals surface area contributed by atoms with Crippen LogP contribution in [0.4, 0.5) is 0 Å². The summed E-state index contributed by atoms with van der Waals surface area (Å²) in [4.78, 5) is 14.6. The molecule has 0 aliphatic carbocycles. The number of piperazine rings is 1. The Kier molecular flexibility index (Phi) is 5.58. The quantitative estimate of drug-likeness (QED) is 0.797. The predicted molar refractivity (Wildman–Crippen MR) is 101 cm³/mol. The first-order valence-corrected chi connectivity index (χ1v) is 10.4. The molecular weight excluding hydrogens is 380 g/mol. The van der Waals surface area contributed by atoms with Crippen molar-refractivity contribution in [1.82, 2.24) is 9.21 Å². The third-order valence-corrected chi connectivity index (χ3v) is 6.69. The molecule has 0 atom stereocenters. The van der Waals surface area contributed by atoms with Gasteiger partial charge >= 0.3 is 0 Å². The second kappa shape index (κ2) is 7.70. The van der Waals surface area contributed by atoms with Gasteiger partial charge in [0, 0.05) is 31.6 Å². The van der Waals surface area contributed by atoms with Crippen LogP contribution in [0.5, 0.6) is 0 Å². The van der Waals surface area contributed by atoms with Crippen molar-refractivity contribution in [3.8, 4) is 0 Å². The molecule has 1 aliphatic rings. The lowest BCUT2D eigenvalue weighted by molar-refractivity contribution is 0.0703. The zero-order valence-electron chi connectivity index (χ0n) is 13.3. The van der Waals surface area contributed by atoms with Crippen molar-refractivity contribution >= 4 is 44.9 Å². The molecule has 0 N–H and O–H groups in total. The largest absolute Gasteiger partial charge is 0.335 e. The molecule has 1 aliphatic heterocycles. The number of carbonyl (C=O) groups excluding carboxylic acids is 1. The standard InChI is InChI=1S/C17H17ClN2O3S2/c18-16-7-6-15(24-16)17(21)19-9-11-20(12-10-19)25(22,23)13-8-14-4-2-1-3-5-14/h1-8,13H,9-12H2/b13-8+. The van der Waals surface area contributed by atoms with Crippen LogP contribution in [-0.2, 0) is 10.0 Å². The molecule has 1 aromatic heterocycles. The fourth-order valence-corrected chi connectivity index (χ4v) is 4.73. The molecule has 3 rings (SSSR count). The second-order valence-electron chi connectivity index (χ2n) is 5.55. The zero-order valence-corrected chi connectivity index (χ0v) is 15.7. The van der Waals surface area contributed by atoms with Gasteiger partial charge in [0.15, 0.2) is 0 Å². The first kappa shape index (κ1) is 18.1. The maximum absolute atomic E-state index is 12.4. The number of thiophene rings is 1. The SMILES string of the molecule is O=C(c1ccc(Cl)s1)N1CCN(S(=O)(=O)/C=C/c2ccccc2)CC1. The summed E-state index contributed by atoms with van der Waals surface area (Å²) in [5.41, 5.74) is 0.828. The minimum atomic E-state index is -3.49. The molecule has 1 saturated heterocycles. The van der Waals surface area contributed by atoms with Gasteiger partial charge in [0.25, 0.3) is 5.91 Å². The predicted octanol–water partition coefficient (Wildman–Crippen LogP) is 3.16. The summed E-state index contributed by atoms with van der Waals surface area (Å²) in [5.74, 6) is -0.103. The lowest BCUT2D eigenvalue weighted by Gasteiger charge is -2.33. The summed E-state index contributed by atoms with van der Waals surface area (Å²) in [5, 5.41) is 1.22. The Morgan fingerprint density at radius 1 is 1.04 bits per heavy atom. The zero-order chi connectivity index (χ0) is 17.9. The van der Waals surface area contributed by atoms with Gasteiger partial charge < -0.3 is 4.90 Å². The molecule has 0 radical (unpaired) electrons. The van der Waals surface area contributed by atoms with Crippen molar-refractivity contribution in [3.63, 3.8) is 0 Å². The van der Waals surface area contributed by atoms with Gasteiger partial charge in [0.2, 0.25) is 10.0 Å². The fraction of sp³-hybridized carbons (Fsp3) is 0.235. The first-order chi connectivity index (χ1) is 12.0. The van der Waals surface area contributed by atoms with Crippen LogP contribution in [0, 0.1) is 0 Å². The monoisotopic (exact) mass is 396 g/mol. The van der Waals surface area contributed by atoms with E-state index in [2.05, 4.69) is 0 Å². The first-order valence-electron chi connectivity index (χ1n) is 7.73. The number of rotatable bonds is 4. The van der Waals surface area contributed by atoms with Crippen LogP contribution in [0.1, 0.15) is 15.2 Å². The van der Waals surface area contributed by atoms with Crippen molar-refractivity contribution in [2.75, 3.05) is 26.2 Å². The fourth-order valence-electron chi connectivity index (χ4n) is 2.55. The molecule has 132 valence electrons. The number of halogens is 1. The van der Waals surface area contributed by atoms with Crippen LogP contribution in [0.3, 0.4) is 0 Å². The highest BCUT2D eigenvalue weighted by Crippen LogP contribution is 2.23. The van der Waals surface area contributed by atoms with E-state index in [0.717, 1.165) is 5.56 Å². The van der Waals surface area contributed by atoms with Gasteiger partial charge in [-0.3, -0.25) is 4.79 Å². The van der Waals surface area contributed by atoms with Gasteiger partial charge in [-0.05, 0) is 23.8 Å². The Balaban J connectivity index is 1.61. The van der Waals surface area contributed by atoms with Crippen LogP contribution in [-0.4, -0.2) is 49.7 Å². The molecule has 2 aromatic rings. The van der Waals surface area contributed by atoms with Gasteiger partial charge in [-0.1, -0.05) is 41.9 Å². The van der Waals surface area contributed by atoms with Crippen LogP contribution >= 0.6 is 22.9 Å². The van der Waals surface area contributed by atoms with Gasteiger partial charge in [-0.2, -0.15) is 4.31 Å². The Bertz CT molecular complexity index is 870. The minimum Gasteiger partial charge on any atom is -0.335 e. The molecule has 25 heavy (non-hydrogen) atoms. The van der Waals surface area contributed by atoms with Crippen LogP contribution in [0.2, 0.25) is 4.34 Å². The molecule has 5 nitrogen and oxygen atoms in total.